The number of hydrogen-bond donors (Lipinski definition) is 2. The minimum atomic E-state index is -0.0280. The first kappa shape index (κ1) is 14.5. The van der Waals surface area contributed by atoms with Gasteiger partial charge in [0.05, 0.1) is 5.75 Å². The zero-order chi connectivity index (χ0) is 14.5. The summed E-state index contributed by atoms with van der Waals surface area (Å²) in [7, 11) is 0. The molecular formula is C16H18N2OS. The first-order valence-electron chi connectivity index (χ1n) is 6.40. The van der Waals surface area contributed by atoms with E-state index in [1.807, 2.05) is 44.2 Å². The van der Waals surface area contributed by atoms with Crippen molar-refractivity contribution in [2.75, 3.05) is 16.8 Å². The van der Waals surface area contributed by atoms with Gasteiger partial charge in [-0.2, -0.15) is 0 Å². The van der Waals surface area contributed by atoms with E-state index in [2.05, 4.69) is 11.4 Å². The van der Waals surface area contributed by atoms with Crippen LogP contribution in [0.2, 0.25) is 0 Å². The van der Waals surface area contributed by atoms with Crippen molar-refractivity contribution in [1.29, 1.82) is 0 Å². The fourth-order valence-electron chi connectivity index (χ4n) is 1.77. The molecule has 0 unspecified atom stereocenters. The van der Waals surface area contributed by atoms with Crippen molar-refractivity contribution in [1.82, 2.24) is 0 Å². The Kier molecular flexibility index (Phi) is 4.69. The van der Waals surface area contributed by atoms with Crippen LogP contribution in [0, 0.1) is 13.8 Å². The van der Waals surface area contributed by atoms with Gasteiger partial charge in [-0.15, -0.1) is 11.8 Å². The summed E-state index contributed by atoms with van der Waals surface area (Å²) in [6, 6.07) is 13.7. The predicted molar refractivity (Wildman–Crippen MR) is 86.1 cm³/mol. The lowest BCUT2D eigenvalue weighted by atomic mass is 10.2. The van der Waals surface area contributed by atoms with E-state index in [1.165, 1.54) is 17.3 Å². The molecule has 0 saturated carbocycles. The SMILES string of the molecule is Cc1cccc(SCC(=O)Nc2ccc(C)c(N)c2)c1. The summed E-state index contributed by atoms with van der Waals surface area (Å²) in [6.07, 6.45) is 0. The van der Waals surface area contributed by atoms with Crippen LogP contribution in [0.5, 0.6) is 0 Å². The lowest BCUT2D eigenvalue weighted by molar-refractivity contribution is -0.113. The Balaban J connectivity index is 1.91. The molecule has 0 radical (unpaired) electrons. The Hall–Kier alpha value is -1.94. The molecule has 3 N–H and O–H groups in total. The molecule has 2 rings (SSSR count). The summed E-state index contributed by atoms with van der Waals surface area (Å²) in [6.45, 7) is 3.98. The predicted octanol–water partition coefficient (Wildman–Crippen LogP) is 3.62. The quantitative estimate of drug-likeness (QED) is 0.667. The molecule has 0 saturated heterocycles. The van der Waals surface area contributed by atoms with Crippen LogP contribution >= 0.6 is 11.8 Å². The van der Waals surface area contributed by atoms with Crippen LogP contribution in [0.25, 0.3) is 0 Å². The molecule has 0 aliphatic heterocycles. The largest absolute Gasteiger partial charge is 0.398 e. The van der Waals surface area contributed by atoms with Crippen LogP contribution in [-0.2, 0) is 4.79 Å². The van der Waals surface area contributed by atoms with E-state index < -0.39 is 0 Å². The molecule has 0 aromatic heterocycles. The molecule has 0 aliphatic carbocycles. The highest BCUT2D eigenvalue weighted by molar-refractivity contribution is 8.00. The molecule has 3 nitrogen and oxygen atoms in total. The van der Waals surface area contributed by atoms with Crippen LogP contribution in [-0.4, -0.2) is 11.7 Å². The maximum Gasteiger partial charge on any atom is 0.234 e. The van der Waals surface area contributed by atoms with Crippen LogP contribution in [0.4, 0.5) is 11.4 Å². The summed E-state index contributed by atoms with van der Waals surface area (Å²) < 4.78 is 0. The Morgan fingerprint density at radius 1 is 1.20 bits per heavy atom. The average molecular weight is 286 g/mol. The number of thioether (sulfide) groups is 1. The first-order chi connectivity index (χ1) is 9.54. The maximum atomic E-state index is 11.9. The smallest absolute Gasteiger partial charge is 0.234 e. The Bertz CT molecular complexity index is 626. The number of amides is 1. The van der Waals surface area contributed by atoms with Crippen LogP contribution in [0.1, 0.15) is 11.1 Å². The second-order valence-electron chi connectivity index (χ2n) is 4.72. The Morgan fingerprint density at radius 3 is 2.70 bits per heavy atom. The van der Waals surface area contributed by atoms with E-state index in [1.54, 1.807) is 6.07 Å². The van der Waals surface area contributed by atoms with Gasteiger partial charge in [0.2, 0.25) is 5.91 Å². The van der Waals surface area contributed by atoms with Gasteiger partial charge in [0.1, 0.15) is 0 Å². The molecule has 0 atom stereocenters. The Morgan fingerprint density at radius 2 is 2.00 bits per heavy atom. The van der Waals surface area contributed by atoms with E-state index >= 15 is 0 Å². The van der Waals surface area contributed by atoms with Gasteiger partial charge in [0.25, 0.3) is 0 Å². The summed E-state index contributed by atoms with van der Waals surface area (Å²) in [5.41, 5.74) is 9.46. The molecule has 20 heavy (non-hydrogen) atoms. The topological polar surface area (TPSA) is 55.1 Å². The molecule has 0 spiro atoms. The fourth-order valence-corrected chi connectivity index (χ4v) is 2.58. The van der Waals surface area contributed by atoms with Gasteiger partial charge < -0.3 is 11.1 Å². The third kappa shape index (κ3) is 4.03. The van der Waals surface area contributed by atoms with Crippen molar-refractivity contribution in [3.63, 3.8) is 0 Å². The normalized spacial score (nSPS) is 10.3. The lowest BCUT2D eigenvalue weighted by Gasteiger charge is -2.07. The number of carbonyl (C=O) groups excluding carboxylic acids is 1. The van der Waals surface area contributed by atoms with Crippen LogP contribution in [0.15, 0.2) is 47.4 Å². The number of benzene rings is 2. The van der Waals surface area contributed by atoms with E-state index in [0.29, 0.717) is 11.4 Å². The minimum absolute atomic E-state index is 0.0280. The van der Waals surface area contributed by atoms with Crippen LogP contribution < -0.4 is 11.1 Å². The van der Waals surface area contributed by atoms with E-state index in [-0.39, 0.29) is 5.91 Å². The van der Waals surface area contributed by atoms with E-state index in [4.69, 9.17) is 5.73 Å². The molecule has 0 heterocycles. The molecule has 2 aromatic rings. The highest BCUT2D eigenvalue weighted by Crippen LogP contribution is 2.20. The van der Waals surface area contributed by atoms with Crippen molar-refractivity contribution in [2.24, 2.45) is 0 Å². The van der Waals surface area contributed by atoms with Gasteiger partial charge in [-0.3, -0.25) is 4.79 Å². The number of hydrogen-bond acceptors (Lipinski definition) is 3. The van der Waals surface area contributed by atoms with Gasteiger partial charge in [0, 0.05) is 16.3 Å². The van der Waals surface area contributed by atoms with Gasteiger partial charge in [-0.1, -0.05) is 23.8 Å². The highest BCUT2D eigenvalue weighted by Gasteiger charge is 2.05. The number of nitrogens with two attached hydrogens (primary N) is 1. The van der Waals surface area contributed by atoms with Gasteiger partial charge in [0.15, 0.2) is 0 Å². The molecular weight excluding hydrogens is 268 g/mol. The van der Waals surface area contributed by atoms with Crippen molar-refractivity contribution in [3.05, 3.63) is 53.6 Å². The Labute approximate surface area is 123 Å². The molecule has 104 valence electrons. The summed E-state index contributed by atoms with van der Waals surface area (Å²) in [5, 5.41) is 2.86. The number of carbonyl (C=O) groups is 1. The van der Waals surface area contributed by atoms with E-state index in [9.17, 15) is 4.79 Å². The summed E-state index contributed by atoms with van der Waals surface area (Å²) in [4.78, 5) is 13.0. The third-order valence-corrected chi connectivity index (χ3v) is 3.92. The first-order valence-corrected chi connectivity index (χ1v) is 7.38. The number of nitrogen functional groups attached to an aromatic ring is 1. The second kappa shape index (κ2) is 6.48. The fraction of sp³-hybridized carbons (Fsp3) is 0.188. The number of rotatable bonds is 4. The zero-order valence-corrected chi connectivity index (χ0v) is 12.5. The third-order valence-electron chi connectivity index (χ3n) is 2.92. The molecule has 0 aliphatic rings. The van der Waals surface area contributed by atoms with Crippen molar-refractivity contribution in [3.8, 4) is 0 Å². The van der Waals surface area contributed by atoms with Crippen molar-refractivity contribution < 1.29 is 4.79 Å². The van der Waals surface area contributed by atoms with Gasteiger partial charge in [-0.05, 0) is 43.7 Å². The molecule has 4 heteroatoms. The zero-order valence-electron chi connectivity index (χ0n) is 11.6. The van der Waals surface area contributed by atoms with Gasteiger partial charge >= 0.3 is 0 Å². The minimum Gasteiger partial charge on any atom is -0.398 e. The maximum absolute atomic E-state index is 11.9. The summed E-state index contributed by atoms with van der Waals surface area (Å²) in [5.74, 6) is 0.358. The van der Waals surface area contributed by atoms with Crippen molar-refractivity contribution >= 4 is 29.0 Å². The molecule has 2 aromatic carbocycles. The summed E-state index contributed by atoms with van der Waals surface area (Å²) >= 11 is 1.53. The standard InChI is InChI=1S/C16H18N2OS/c1-11-4-3-5-14(8-11)20-10-16(19)18-13-7-6-12(2)15(17)9-13/h3-9H,10,17H2,1-2H3,(H,18,19). The molecule has 0 fully saturated rings. The number of nitrogens with one attached hydrogen (secondary N) is 1. The monoisotopic (exact) mass is 286 g/mol. The average Bonchev–Trinajstić information content (AvgIpc) is 2.41. The highest BCUT2D eigenvalue weighted by atomic mass is 32.2. The molecule has 1 amide bonds. The second-order valence-corrected chi connectivity index (χ2v) is 5.77. The number of aryl methyl sites for hydroxylation is 2. The lowest BCUT2D eigenvalue weighted by Crippen LogP contribution is -2.14. The van der Waals surface area contributed by atoms with Crippen LogP contribution in [0.3, 0.4) is 0 Å². The van der Waals surface area contributed by atoms with Gasteiger partial charge in [-0.25, -0.2) is 0 Å². The number of anilines is 2. The van der Waals surface area contributed by atoms with Crippen molar-refractivity contribution in [2.45, 2.75) is 18.7 Å². The van der Waals surface area contributed by atoms with E-state index in [0.717, 1.165) is 16.1 Å². The molecule has 0 bridgehead atoms.